The van der Waals surface area contributed by atoms with Gasteiger partial charge in [0.15, 0.2) is 0 Å². The van der Waals surface area contributed by atoms with Gasteiger partial charge in [-0.25, -0.2) is 10.4 Å². The number of amides is 2. The molecule has 2 amide bonds. The van der Waals surface area contributed by atoms with E-state index in [-0.39, 0.29) is 5.82 Å². The molecule has 0 aliphatic carbocycles. The molecule has 3 aromatic rings. The summed E-state index contributed by atoms with van der Waals surface area (Å²) in [5.41, 5.74) is 3.89. The first kappa shape index (κ1) is 18.8. The normalized spacial score (nSPS) is 10.4. The fourth-order valence-electron chi connectivity index (χ4n) is 2.27. The Kier molecular flexibility index (Phi) is 6.46. The molecule has 1 aromatic heterocycles. The molecule has 140 valence electrons. The standard InChI is InChI=1S/C21H18N4O3/c26-20(24-19-12-6-7-13-22-19)21(27)25-23-14-17-10-4-5-11-18(17)28-15-16-8-2-1-3-9-16/h1-14H,15H2,(H,25,27)(H,22,24,26)/b23-14+. The Balaban J connectivity index is 1.56. The van der Waals surface area contributed by atoms with Gasteiger partial charge in [-0.1, -0.05) is 48.5 Å². The zero-order valence-corrected chi connectivity index (χ0v) is 14.9. The second kappa shape index (κ2) is 9.63. The van der Waals surface area contributed by atoms with Crippen LogP contribution in [0.4, 0.5) is 5.82 Å². The van der Waals surface area contributed by atoms with Gasteiger partial charge in [0, 0.05) is 11.8 Å². The van der Waals surface area contributed by atoms with E-state index in [1.807, 2.05) is 42.5 Å². The molecule has 7 nitrogen and oxygen atoms in total. The number of rotatable bonds is 6. The number of carbonyl (C=O) groups is 2. The molecule has 0 radical (unpaired) electrons. The number of hydrazone groups is 1. The van der Waals surface area contributed by atoms with E-state index in [0.717, 1.165) is 5.56 Å². The Labute approximate surface area is 162 Å². The van der Waals surface area contributed by atoms with Crippen molar-refractivity contribution < 1.29 is 14.3 Å². The summed E-state index contributed by atoms with van der Waals surface area (Å²) >= 11 is 0. The molecule has 2 N–H and O–H groups in total. The number of carbonyl (C=O) groups excluding carboxylic acids is 2. The van der Waals surface area contributed by atoms with Crippen LogP contribution in [0.2, 0.25) is 0 Å². The van der Waals surface area contributed by atoms with Gasteiger partial charge in [-0.3, -0.25) is 9.59 Å². The maximum Gasteiger partial charge on any atom is 0.329 e. The summed E-state index contributed by atoms with van der Waals surface area (Å²) in [6.07, 6.45) is 2.93. The lowest BCUT2D eigenvalue weighted by Gasteiger charge is -2.09. The van der Waals surface area contributed by atoms with Crippen molar-refractivity contribution in [2.24, 2.45) is 5.10 Å². The first-order chi connectivity index (χ1) is 13.7. The highest BCUT2D eigenvalue weighted by atomic mass is 16.5. The van der Waals surface area contributed by atoms with Crippen LogP contribution in [-0.4, -0.2) is 23.0 Å². The van der Waals surface area contributed by atoms with Crippen LogP contribution in [0, 0.1) is 0 Å². The van der Waals surface area contributed by atoms with Crippen molar-refractivity contribution in [3.63, 3.8) is 0 Å². The topological polar surface area (TPSA) is 92.7 Å². The molecule has 0 fully saturated rings. The number of nitrogens with one attached hydrogen (secondary N) is 2. The minimum absolute atomic E-state index is 0.284. The zero-order valence-electron chi connectivity index (χ0n) is 14.9. The Hall–Kier alpha value is -4.00. The van der Waals surface area contributed by atoms with Crippen LogP contribution in [0.15, 0.2) is 84.1 Å². The third-order valence-corrected chi connectivity index (χ3v) is 3.64. The SMILES string of the molecule is O=C(N/N=C/c1ccccc1OCc1ccccc1)C(=O)Nc1ccccn1. The van der Waals surface area contributed by atoms with Crippen LogP contribution in [0.3, 0.4) is 0 Å². The van der Waals surface area contributed by atoms with E-state index in [0.29, 0.717) is 17.9 Å². The van der Waals surface area contributed by atoms with Crippen molar-refractivity contribution in [2.75, 3.05) is 5.32 Å². The molecule has 0 aliphatic heterocycles. The summed E-state index contributed by atoms with van der Waals surface area (Å²) in [4.78, 5) is 27.6. The number of hydrogen-bond acceptors (Lipinski definition) is 5. The number of hydrogen-bond donors (Lipinski definition) is 2. The Morgan fingerprint density at radius 2 is 1.68 bits per heavy atom. The van der Waals surface area contributed by atoms with E-state index in [1.54, 1.807) is 30.3 Å². The van der Waals surface area contributed by atoms with Crippen molar-refractivity contribution in [3.8, 4) is 5.75 Å². The lowest BCUT2D eigenvalue weighted by atomic mass is 10.2. The van der Waals surface area contributed by atoms with Gasteiger partial charge in [-0.2, -0.15) is 5.10 Å². The monoisotopic (exact) mass is 374 g/mol. The van der Waals surface area contributed by atoms with Gasteiger partial charge in [0.1, 0.15) is 18.2 Å². The van der Waals surface area contributed by atoms with E-state index in [4.69, 9.17) is 4.74 Å². The summed E-state index contributed by atoms with van der Waals surface area (Å²) in [5, 5.41) is 6.21. The smallest absolute Gasteiger partial charge is 0.329 e. The van der Waals surface area contributed by atoms with Gasteiger partial charge in [0.05, 0.1) is 6.21 Å². The molecule has 0 aliphatic rings. The molecular weight excluding hydrogens is 356 g/mol. The first-order valence-electron chi connectivity index (χ1n) is 8.53. The molecule has 1 heterocycles. The molecule has 0 spiro atoms. The van der Waals surface area contributed by atoms with E-state index < -0.39 is 11.8 Å². The van der Waals surface area contributed by atoms with Crippen LogP contribution < -0.4 is 15.5 Å². The minimum atomic E-state index is -0.899. The molecule has 0 unspecified atom stereocenters. The van der Waals surface area contributed by atoms with E-state index in [2.05, 4.69) is 20.8 Å². The van der Waals surface area contributed by atoms with Crippen molar-refractivity contribution in [2.45, 2.75) is 6.61 Å². The summed E-state index contributed by atoms with van der Waals surface area (Å²) in [6, 6.07) is 22.0. The molecule has 28 heavy (non-hydrogen) atoms. The van der Waals surface area contributed by atoms with Crippen LogP contribution in [0.5, 0.6) is 5.75 Å². The lowest BCUT2D eigenvalue weighted by Crippen LogP contribution is -2.32. The predicted octanol–water partition coefficient (Wildman–Crippen LogP) is 2.75. The highest BCUT2D eigenvalue weighted by Crippen LogP contribution is 2.17. The lowest BCUT2D eigenvalue weighted by molar-refractivity contribution is -0.136. The van der Waals surface area contributed by atoms with Gasteiger partial charge in [-0.05, 0) is 29.8 Å². The molecule has 2 aromatic carbocycles. The minimum Gasteiger partial charge on any atom is -0.488 e. The second-order valence-corrected chi connectivity index (χ2v) is 5.68. The van der Waals surface area contributed by atoms with Crippen molar-refractivity contribution in [3.05, 3.63) is 90.1 Å². The number of anilines is 1. The van der Waals surface area contributed by atoms with Gasteiger partial charge >= 0.3 is 11.8 Å². The van der Waals surface area contributed by atoms with Gasteiger partial charge in [0.2, 0.25) is 0 Å². The van der Waals surface area contributed by atoms with Gasteiger partial charge in [-0.15, -0.1) is 0 Å². The van der Waals surface area contributed by atoms with Crippen LogP contribution >= 0.6 is 0 Å². The van der Waals surface area contributed by atoms with E-state index >= 15 is 0 Å². The van der Waals surface area contributed by atoms with Crippen LogP contribution in [0.1, 0.15) is 11.1 Å². The van der Waals surface area contributed by atoms with E-state index in [9.17, 15) is 9.59 Å². The summed E-state index contributed by atoms with van der Waals surface area (Å²) < 4.78 is 5.82. The maximum atomic E-state index is 11.8. The molecule has 7 heteroatoms. The highest BCUT2D eigenvalue weighted by Gasteiger charge is 2.13. The number of pyridine rings is 1. The Bertz CT molecular complexity index is 960. The summed E-state index contributed by atoms with van der Waals surface area (Å²) in [5.74, 6) is -0.859. The largest absolute Gasteiger partial charge is 0.488 e. The highest BCUT2D eigenvalue weighted by molar-refractivity contribution is 6.39. The predicted molar refractivity (Wildman–Crippen MR) is 106 cm³/mol. The molecule has 0 atom stereocenters. The molecular formula is C21H18N4O3. The third-order valence-electron chi connectivity index (χ3n) is 3.64. The van der Waals surface area contributed by atoms with Crippen LogP contribution in [-0.2, 0) is 16.2 Å². The summed E-state index contributed by atoms with van der Waals surface area (Å²) in [7, 11) is 0. The number of nitrogens with zero attached hydrogens (tertiary/aromatic N) is 2. The van der Waals surface area contributed by atoms with Crippen molar-refractivity contribution in [1.82, 2.24) is 10.4 Å². The molecule has 0 saturated heterocycles. The Morgan fingerprint density at radius 1 is 0.929 bits per heavy atom. The average molecular weight is 374 g/mol. The number of ether oxygens (including phenoxy) is 1. The number of aromatic nitrogens is 1. The molecule has 3 rings (SSSR count). The number of para-hydroxylation sites is 1. The molecule has 0 saturated carbocycles. The van der Waals surface area contributed by atoms with Gasteiger partial charge < -0.3 is 10.1 Å². The van der Waals surface area contributed by atoms with Crippen LogP contribution in [0.25, 0.3) is 0 Å². The fourth-order valence-corrected chi connectivity index (χ4v) is 2.27. The van der Waals surface area contributed by atoms with E-state index in [1.165, 1.54) is 12.4 Å². The molecule has 0 bridgehead atoms. The first-order valence-corrected chi connectivity index (χ1v) is 8.53. The quantitative estimate of drug-likeness (QED) is 0.394. The third kappa shape index (κ3) is 5.50. The zero-order chi connectivity index (χ0) is 19.6. The maximum absolute atomic E-state index is 11.8. The Morgan fingerprint density at radius 3 is 2.46 bits per heavy atom. The number of benzene rings is 2. The van der Waals surface area contributed by atoms with Crippen molar-refractivity contribution >= 4 is 23.8 Å². The summed E-state index contributed by atoms with van der Waals surface area (Å²) in [6.45, 7) is 0.407. The van der Waals surface area contributed by atoms with Crippen molar-refractivity contribution in [1.29, 1.82) is 0 Å². The second-order valence-electron chi connectivity index (χ2n) is 5.68. The van der Waals surface area contributed by atoms with Gasteiger partial charge in [0.25, 0.3) is 0 Å². The average Bonchev–Trinajstić information content (AvgIpc) is 2.74. The fraction of sp³-hybridized carbons (Fsp3) is 0.0476.